The van der Waals surface area contributed by atoms with E-state index in [-0.39, 0.29) is 12.6 Å². The van der Waals surface area contributed by atoms with Crippen LogP contribution in [0.1, 0.15) is 18.5 Å². The van der Waals surface area contributed by atoms with Gasteiger partial charge in [-0.15, -0.1) is 0 Å². The number of aliphatic hydroxyl groups is 1. The summed E-state index contributed by atoms with van der Waals surface area (Å²) in [6, 6.07) is 16.8. The Labute approximate surface area is 148 Å². The lowest BCUT2D eigenvalue weighted by atomic mass is 9.99. The van der Waals surface area contributed by atoms with Gasteiger partial charge in [0.2, 0.25) is 0 Å². The van der Waals surface area contributed by atoms with Crippen LogP contribution >= 0.6 is 11.6 Å². The number of rotatable bonds is 5. The van der Waals surface area contributed by atoms with E-state index in [1.54, 1.807) is 0 Å². The summed E-state index contributed by atoms with van der Waals surface area (Å²) in [4.78, 5) is 2.44. The van der Waals surface area contributed by atoms with Crippen molar-refractivity contribution in [2.75, 3.05) is 31.2 Å². The lowest BCUT2D eigenvalue weighted by Gasteiger charge is -2.43. The quantitative estimate of drug-likeness (QED) is 0.872. The topological polar surface area (TPSA) is 44.7 Å². The fourth-order valence-corrected chi connectivity index (χ4v) is 3.33. The summed E-state index contributed by atoms with van der Waals surface area (Å²) in [5.74, 6) is 0.777. The summed E-state index contributed by atoms with van der Waals surface area (Å²) in [6.45, 7) is 4.42. The first-order valence-corrected chi connectivity index (χ1v) is 8.65. The van der Waals surface area contributed by atoms with Gasteiger partial charge in [-0.1, -0.05) is 23.7 Å². The molecule has 0 spiro atoms. The summed E-state index contributed by atoms with van der Waals surface area (Å²) in [6.07, 6.45) is 0. The summed E-state index contributed by atoms with van der Waals surface area (Å²) in [5.41, 5.74) is 2.42. The number of hydrogen-bond acceptors (Lipinski definition) is 4. The van der Waals surface area contributed by atoms with Crippen LogP contribution < -0.4 is 15.0 Å². The molecule has 2 atom stereocenters. The SMILES string of the molecule is C[C@@H]1CNCC(c2ccc(Cl)cc2)N1c1ccc(OCCO)cc1. The van der Waals surface area contributed by atoms with E-state index in [0.717, 1.165) is 23.9 Å². The predicted octanol–water partition coefficient (Wildman–Crippen LogP) is 3.25. The molecule has 0 aromatic heterocycles. The molecular weight excluding hydrogens is 324 g/mol. The number of ether oxygens (including phenoxy) is 1. The molecular formula is C19H23ClN2O2. The number of hydrogen-bond donors (Lipinski definition) is 2. The summed E-state index contributed by atoms with van der Waals surface area (Å²) >= 11 is 6.03. The minimum atomic E-state index is 0.0230. The van der Waals surface area contributed by atoms with Gasteiger partial charge in [0.25, 0.3) is 0 Å². The van der Waals surface area contributed by atoms with E-state index >= 15 is 0 Å². The Morgan fingerprint density at radius 1 is 1.12 bits per heavy atom. The van der Waals surface area contributed by atoms with Crippen LogP contribution in [0.4, 0.5) is 5.69 Å². The highest BCUT2D eigenvalue weighted by molar-refractivity contribution is 6.30. The van der Waals surface area contributed by atoms with Crippen molar-refractivity contribution in [3.8, 4) is 5.75 Å². The molecule has 1 aliphatic heterocycles. The Kier molecular flexibility index (Phi) is 5.61. The van der Waals surface area contributed by atoms with Gasteiger partial charge >= 0.3 is 0 Å². The molecule has 1 unspecified atom stereocenters. The number of benzene rings is 2. The Morgan fingerprint density at radius 3 is 2.50 bits per heavy atom. The Bertz CT molecular complexity index is 645. The van der Waals surface area contributed by atoms with Crippen molar-refractivity contribution in [1.29, 1.82) is 0 Å². The molecule has 1 heterocycles. The second-order valence-electron chi connectivity index (χ2n) is 6.05. The van der Waals surface area contributed by atoms with Crippen molar-refractivity contribution in [3.05, 3.63) is 59.1 Å². The minimum absolute atomic E-state index is 0.0230. The molecule has 5 heteroatoms. The van der Waals surface area contributed by atoms with E-state index in [1.165, 1.54) is 11.3 Å². The normalized spacial score (nSPS) is 20.9. The number of aliphatic hydroxyl groups excluding tert-OH is 1. The van der Waals surface area contributed by atoms with Crippen LogP contribution in [-0.4, -0.2) is 37.5 Å². The standard InChI is InChI=1S/C19H23ClN2O2/c1-14-12-21-13-19(15-2-4-16(20)5-3-15)22(14)17-6-8-18(9-7-17)24-11-10-23/h2-9,14,19,21,23H,10-13H2,1H3/t14-,19?/m1/s1. The molecule has 4 nitrogen and oxygen atoms in total. The number of piperazine rings is 1. The fourth-order valence-electron chi connectivity index (χ4n) is 3.21. The summed E-state index contributed by atoms with van der Waals surface area (Å²) in [7, 11) is 0. The monoisotopic (exact) mass is 346 g/mol. The molecule has 1 fully saturated rings. The molecule has 1 aliphatic rings. The molecule has 0 saturated carbocycles. The average Bonchev–Trinajstić information content (AvgIpc) is 2.61. The maximum atomic E-state index is 8.85. The van der Waals surface area contributed by atoms with Gasteiger partial charge in [-0.2, -0.15) is 0 Å². The Morgan fingerprint density at radius 2 is 1.83 bits per heavy atom. The van der Waals surface area contributed by atoms with Gasteiger partial charge in [-0.25, -0.2) is 0 Å². The maximum Gasteiger partial charge on any atom is 0.119 e. The minimum Gasteiger partial charge on any atom is -0.491 e. The molecule has 24 heavy (non-hydrogen) atoms. The van der Waals surface area contributed by atoms with E-state index in [1.807, 2.05) is 24.3 Å². The highest BCUT2D eigenvalue weighted by Gasteiger charge is 2.29. The first kappa shape index (κ1) is 17.1. The second kappa shape index (κ2) is 7.88. The largest absolute Gasteiger partial charge is 0.491 e. The van der Waals surface area contributed by atoms with Crippen molar-refractivity contribution >= 4 is 17.3 Å². The number of nitrogens with one attached hydrogen (secondary N) is 1. The zero-order valence-corrected chi connectivity index (χ0v) is 14.5. The van der Waals surface area contributed by atoms with Crippen molar-refractivity contribution in [3.63, 3.8) is 0 Å². The van der Waals surface area contributed by atoms with E-state index in [0.29, 0.717) is 12.6 Å². The zero-order valence-electron chi connectivity index (χ0n) is 13.8. The molecule has 0 bridgehead atoms. The van der Waals surface area contributed by atoms with E-state index in [9.17, 15) is 0 Å². The van der Waals surface area contributed by atoms with Gasteiger partial charge in [0.15, 0.2) is 0 Å². The summed E-state index contributed by atoms with van der Waals surface area (Å²) in [5, 5.41) is 13.1. The van der Waals surface area contributed by atoms with Crippen molar-refractivity contribution < 1.29 is 9.84 Å². The molecule has 0 aliphatic carbocycles. The molecule has 0 amide bonds. The van der Waals surface area contributed by atoms with Crippen LogP contribution in [0, 0.1) is 0 Å². The van der Waals surface area contributed by atoms with Crippen molar-refractivity contribution in [1.82, 2.24) is 5.32 Å². The molecule has 0 radical (unpaired) electrons. The van der Waals surface area contributed by atoms with E-state index in [4.69, 9.17) is 21.4 Å². The molecule has 2 aromatic carbocycles. The first-order chi connectivity index (χ1) is 11.7. The van der Waals surface area contributed by atoms with E-state index in [2.05, 4.69) is 41.4 Å². The molecule has 1 saturated heterocycles. The predicted molar refractivity (Wildman–Crippen MR) is 98.0 cm³/mol. The van der Waals surface area contributed by atoms with Gasteiger partial charge in [-0.3, -0.25) is 0 Å². The van der Waals surface area contributed by atoms with E-state index < -0.39 is 0 Å². The average molecular weight is 347 g/mol. The van der Waals surface area contributed by atoms with Crippen LogP contribution in [0.5, 0.6) is 5.75 Å². The number of anilines is 1. The van der Waals surface area contributed by atoms with Crippen LogP contribution in [0.2, 0.25) is 5.02 Å². The maximum absolute atomic E-state index is 8.85. The highest BCUT2D eigenvalue weighted by Crippen LogP contribution is 2.32. The second-order valence-corrected chi connectivity index (χ2v) is 6.48. The smallest absolute Gasteiger partial charge is 0.119 e. The van der Waals surface area contributed by atoms with Gasteiger partial charge in [0, 0.05) is 29.8 Å². The van der Waals surface area contributed by atoms with Crippen LogP contribution in [0.15, 0.2) is 48.5 Å². The molecule has 2 N–H and O–H groups in total. The first-order valence-electron chi connectivity index (χ1n) is 8.27. The van der Waals surface area contributed by atoms with Crippen molar-refractivity contribution in [2.45, 2.75) is 19.0 Å². The number of halogens is 1. The van der Waals surface area contributed by atoms with Gasteiger partial charge in [0.1, 0.15) is 12.4 Å². The van der Waals surface area contributed by atoms with Crippen LogP contribution in [-0.2, 0) is 0 Å². The number of nitrogens with zero attached hydrogens (tertiary/aromatic N) is 1. The molecule has 2 aromatic rings. The van der Waals surface area contributed by atoms with Gasteiger partial charge < -0.3 is 20.1 Å². The van der Waals surface area contributed by atoms with Crippen LogP contribution in [0.3, 0.4) is 0 Å². The highest BCUT2D eigenvalue weighted by atomic mass is 35.5. The third kappa shape index (κ3) is 3.83. The lowest BCUT2D eigenvalue weighted by Crippen LogP contribution is -2.51. The molecule has 3 rings (SSSR count). The van der Waals surface area contributed by atoms with Gasteiger partial charge in [-0.05, 0) is 48.9 Å². The third-order valence-electron chi connectivity index (χ3n) is 4.34. The third-order valence-corrected chi connectivity index (χ3v) is 4.59. The lowest BCUT2D eigenvalue weighted by molar-refractivity contribution is 0.201. The summed E-state index contributed by atoms with van der Waals surface area (Å²) < 4.78 is 5.45. The fraction of sp³-hybridized carbons (Fsp3) is 0.368. The van der Waals surface area contributed by atoms with Gasteiger partial charge in [0.05, 0.1) is 12.6 Å². The van der Waals surface area contributed by atoms with Crippen LogP contribution in [0.25, 0.3) is 0 Å². The Balaban J connectivity index is 1.85. The Hall–Kier alpha value is -1.75. The zero-order chi connectivity index (χ0) is 16.9. The molecule has 128 valence electrons. The van der Waals surface area contributed by atoms with Crippen molar-refractivity contribution in [2.24, 2.45) is 0 Å².